The molecular formula is C22H27ClO3. The lowest BCUT2D eigenvalue weighted by Gasteiger charge is -2.57. The van der Waals surface area contributed by atoms with Crippen molar-refractivity contribution < 1.29 is 14.7 Å². The maximum atomic E-state index is 12.3. The summed E-state index contributed by atoms with van der Waals surface area (Å²) in [6, 6.07) is 0. The number of hydrogen-bond acceptors (Lipinski definition) is 3. The van der Waals surface area contributed by atoms with Gasteiger partial charge < -0.3 is 5.11 Å². The van der Waals surface area contributed by atoms with Crippen LogP contribution in [0.4, 0.5) is 0 Å². The zero-order valence-electron chi connectivity index (χ0n) is 15.7. The van der Waals surface area contributed by atoms with Crippen molar-refractivity contribution in [2.75, 3.05) is 0 Å². The molecule has 5 aliphatic carbocycles. The molecular weight excluding hydrogens is 348 g/mol. The van der Waals surface area contributed by atoms with Crippen LogP contribution < -0.4 is 0 Å². The predicted molar refractivity (Wildman–Crippen MR) is 99.4 cm³/mol. The van der Waals surface area contributed by atoms with Gasteiger partial charge in [0.15, 0.2) is 11.6 Å². The quantitative estimate of drug-likeness (QED) is 0.753. The van der Waals surface area contributed by atoms with E-state index in [4.69, 9.17) is 11.6 Å². The van der Waals surface area contributed by atoms with Crippen molar-refractivity contribution in [3.05, 3.63) is 22.8 Å². The van der Waals surface area contributed by atoms with Crippen LogP contribution in [0.3, 0.4) is 0 Å². The van der Waals surface area contributed by atoms with Crippen molar-refractivity contribution in [3.8, 4) is 0 Å². The van der Waals surface area contributed by atoms with Gasteiger partial charge in [-0.3, -0.25) is 9.59 Å². The van der Waals surface area contributed by atoms with Gasteiger partial charge in [-0.05, 0) is 74.3 Å². The monoisotopic (exact) mass is 374 g/mol. The molecule has 0 aromatic heterocycles. The van der Waals surface area contributed by atoms with Crippen LogP contribution in [0.5, 0.6) is 0 Å². The van der Waals surface area contributed by atoms with Crippen LogP contribution in [0.15, 0.2) is 22.8 Å². The van der Waals surface area contributed by atoms with Crippen LogP contribution in [0, 0.1) is 40.4 Å². The Bertz CT molecular complexity index is 797. The minimum atomic E-state index is -1.20. The summed E-state index contributed by atoms with van der Waals surface area (Å²) in [5, 5.41) is 11.9. The first-order chi connectivity index (χ1) is 12.1. The third kappa shape index (κ3) is 1.75. The zero-order valence-corrected chi connectivity index (χ0v) is 16.5. The number of ketones is 2. The van der Waals surface area contributed by atoms with Gasteiger partial charge in [-0.15, -0.1) is 0 Å². The smallest absolute Gasteiger partial charge is 0.161 e. The Morgan fingerprint density at radius 3 is 2.58 bits per heavy atom. The minimum Gasteiger partial charge on any atom is -0.382 e. The van der Waals surface area contributed by atoms with Crippen molar-refractivity contribution >= 4 is 23.2 Å². The molecule has 26 heavy (non-hydrogen) atoms. The molecule has 1 N–H and O–H groups in total. The molecule has 140 valence electrons. The number of hydrogen-bond donors (Lipinski definition) is 1. The molecule has 0 radical (unpaired) electrons. The van der Waals surface area contributed by atoms with E-state index in [1.807, 2.05) is 6.08 Å². The normalized spacial score (nSPS) is 54.3. The Labute approximate surface area is 159 Å². The van der Waals surface area contributed by atoms with Gasteiger partial charge in [-0.25, -0.2) is 0 Å². The first-order valence-electron chi connectivity index (χ1n) is 10.0. The summed E-state index contributed by atoms with van der Waals surface area (Å²) in [4.78, 5) is 24.6. The molecule has 0 aromatic carbocycles. The van der Waals surface area contributed by atoms with Crippen molar-refractivity contribution in [3.63, 3.8) is 0 Å². The van der Waals surface area contributed by atoms with Gasteiger partial charge in [0.25, 0.3) is 0 Å². The molecule has 5 rings (SSSR count). The summed E-state index contributed by atoms with van der Waals surface area (Å²) >= 11 is 6.73. The maximum absolute atomic E-state index is 12.3. The second-order valence-electron chi connectivity index (χ2n) is 9.91. The molecule has 0 spiro atoms. The first kappa shape index (κ1) is 17.2. The largest absolute Gasteiger partial charge is 0.382 e. The predicted octanol–water partition coefficient (Wildman–Crippen LogP) is 4.04. The fourth-order valence-corrected chi connectivity index (χ4v) is 7.96. The van der Waals surface area contributed by atoms with Gasteiger partial charge in [-0.1, -0.05) is 31.5 Å². The van der Waals surface area contributed by atoms with Crippen LogP contribution in [0.1, 0.15) is 52.9 Å². The lowest BCUT2D eigenvalue weighted by Crippen LogP contribution is -2.56. The Morgan fingerprint density at radius 2 is 1.88 bits per heavy atom. The summed E-state index contributed by atoms with van der Waals surface area (Å²) in [7, 11) is 0. The fraction of sp³-hybridized carbons (Fsp3) is 0.727. The van der Waals surface area contributed by atoms with E-state index < -0.39 is 5.60 Å². The summed E-state index contributed by atoms with van der Waals surface area (Å²) in [5.74, 6) is 1.78. The molecule has 5 aliphatic rings. The number of aliphatic hydroxyl groups is 1. The SMILES string of the molecule is CC(=O)[C@@]1(O)CCC2[C@@H]3C=C(Cl)C4=CC(=O)C5C[C@@H]5[C@]4(C)C3CC[C@@]21C. The van der Waals surface area contributed by atoms with E-state index in [-0.39, 0.29) is 40.2 Å². The lowest BCUT2D eigenvalue weighted by atomic mass is 9.47. The van der Waals surface area contributed by atoms with Gasteiger partial charge in [-0.2, -0.15) is 0 Å². The van der Waals surface area contributed by atoms with Crippen LogP contribution >= 0.6 is 11.6 Å². The minimum absolute atomic E-state index is 0.0344. The van der Waals surface area contributed by atoms with E-state index in [1.165, 1.54) is 6.92 Å². The molecule has 3 nitrogen and oxygen atoms in total. The van der Waals surface area contributed by atoms with E-state index in [0.29, 0.717) is 18.3 Å². The number of halogens is 1. The second-order valence-corrected chi connectivity index (χ2v) is 10.3. The molecule has 0 bridgehead atoms. The van der Waals surface area contributed by atoms with Gasteiger partial charge in [0.05, 0.1) is 0 Å². The molecule has 0 amide bonds. The number of carbonyl (C=O) groups excluding carboxylic acids is 2. The summed E-state index contributed by atoms with van der Waals surface area (Å²) in [6.07, 6.45) is 8.25. The van der Waals surface area contributed by atoms with E-state index in [0.717, 1.165) is 36.3 Å². The van der Waals surface area contributed by atoms with E-state index >= 15 is 0 Å². The highest BCUT2D eigenvalue weighted by molar-refractivity contribution is 6.32. The summed E-state index contributed by atoms with van der Waals surface area (Å²) < 4.78 is 0. The molecule has 3 saturated carbocycles. The summed E-state index contributed by atoms with van der Waals surface area (Å²) in [5.41, 5.74) is -0.566. The molecule has 8 atom stereocenters. The van der Waals surface area contributed by atoms with E-state index in [2.05, 4.69) is 19.9 Å². The average Bonchev–Trinajstić information content (AvgIpc) is 3.33. The number of carbonyl (C=O) groups is 2. The number of rotatable bonds is 1. The van der Waals surface area contributed by atoms with Crippen LogP contribution in [-0.4, -0.2) is 22.3 Å². The van der Waals surface area contributed by atoms with Crippen molar-refractivity contribution in [2.45, 2.75) is 58.5 Å². The van der Waals surface area contributed by atoms with Crippen LogP contribution in [0.2, 0.25) is 0 Å². The van der Waals surface area contributed by atoms with Gasteiger partial charge in [0.1, 0.15) is 5.60 Å². The Balaban J connectivity index is 1.62. The van der Waals surface area contributed by atoms with Crippen molar-refractivity contribution in [1.29, 1.82) is 0 Å². The van der Waals surface area contributed by atoms with Gasteiger partial charge >= 0.3 is 0 Å². The van der Waals surface area contributed by atoms with Gasteiger partial charge in [0, 0.05) is 21.8 Å². The third-order valence-electron chi connectivity index (χ3n) is 9.23. The highest BCUT2D eigenvalue weighted by Gasteiger charge is 2.69. The average molecular weight is 375 g/mol. The first-order valence-corrected chi connectivity index (χ1v) is 10.4. The standard InChI is InChI=1S/C22H27ClO3/c1-11(24)22(26)7-5-14-12-9-18(23)17-10-19(25)13-8-16(13)21(17,3)15(12)4-6-20(14,22)2/h9-10,12-16,26H,4-8H2,1-3H3/t12-,13?,14?,15?,16-,20-,21-,22-/m0/s1. The molecule has 4 heteroatoms. The lowest BCUT2D eigenvalue weighted by molar-refractivity contribution is -0.157. The van der Waals surface area contributed by atoms with Gasteiger partial charge in [0.2, 0.25) is 0 Å². The maximum Gasteiger partial charge on any atom is 0.161 e. The van der Waals surface area contributed by atoms with E-state index in [9.17, 15) is 14.7 Å². The number of Topliss-reactive ketones (excluding diaryl/α,β-unsaturated/α-hetero) is 1. The summed E-state index contributed by atoms with van der Waals surface area (Å²) in [6.45, 7) is 5.97. The van der Waals surface area contributed by atoms with Crippen LogP contribution in [0.25, 0.3) is 0 Å². The van der Waals surface area contributed by atoms with Crippen molar-refractivity contribution in [1.82, 2.24) is 0 Å². The third-order valence-corrected chi connectivity index (χ3v) is 9.56. The highest BCUT2D eigenvalue weighted by atomic mass is 35.5. The molecule has 0 aromatic rings. The second kappa shape index (κ2) is 4.91. The number of allylic oxidation sites excluding steroid dienone is 4. The zero-order chi connectivity index (χ0) is 18.6. The molecule has 3 fully saturated rings. The highest BCUT2D eigenvalue weighted by Crippen LogP contribution is 2.72. The van der Waals surface area contributed by atoms with E-state index in [1.54, 1.807) is 0 Å². The molecule has 3 unspecified atom stereocenters. The fourth-order valence-electron chi connectivity index (χ4n) is 7.56. The Hall–Kier alpha value is -0.930. The van der Waals surface area contributed by atoms with Crippen LogP contribution in [-0.2, 0) is 9.59 Å². The Morgan fingerprint density at radius 1 is 1.19 bits per heavy atom. The molecule has 0 saturated heterocycles. The molecule has 0 aliphatic heterocycles. The Kier molecular flexibility index (Phi) is 3.25. The topological polar surface area (TPSA) is 54.4 Å². The molecule has 0 heterocycles. The number of fused-ring (bicyclic) bond motifs is 7. The van der Waals surface area contributed by atoms with Crippen molar-refractivity contribution in [2.24, 2.45) is 40.4 Å².